The van der Waals surface area contributed by atoms with Gasteiger partial charge in [-0.1, -0.05) is 12.1 Å². The Morgan fingerprint density at radius 2 is 1.69 bits per heavy atom. The third-order valence-corrected chi connectivity index (χ3v) is 3.57. The number of benzene rings is 2. The van der Waals surface area contributed by atoms with Crippen LogP contribution in [0, 0.1) is 11.6 Å². The van der Waals surface area contributed by atoms with Crippen molar-refractivity contribution in [2.45, 2.75) is 33.3 Å². The zero-order valence-electron chi connectivity index (χ0n) is 14.9. The monoisotopic (exact) mass is 364 g/mol. The zero-order valence-corrected chi connectivity index (χ0v) is 14.9. The molecule has 2 rings (SSSR count). The Kier molecular flexibility index (Phi) is 7.38. The fourth-order valence-electron chi connectivity index (χ4n) is 2.42. The quantitative estimate of drug-likeness (QED) is 0.617. The summed E-state index contributed by atoms with van der Waals surface area (Å²) in [6.45, 7) is 4.39. The average molecular weight is 364 g/mol. The highest BCUT2D eigenvalue weighted by Crippen LogP contribution is 2.25. The van der Waals surface area contributed by atoms with E-state index in [4.69, 9.17) is 14.2 Å². The second-order valence-corrected chi connectivity index (χ2v) is 5.56. The van der Waals surface area contributed by atoms with Gasteiger partial charge in [0.15, 0.2) is 17.4 Å². The van der Waals surface area contributed by atoms with Gasteiger partial charge in [-0.2, -0.15) is 0 Å². The summed E-state index contributed by atoms with van der Waals surface area (Å²) in [6.07, 6.45) is 0.264. The van der Waals surface area contributed by atoms with E-state index in [2.05, 4.69) is 0 Å². The minimum atomic E-state index is -0.801. The van der Waals surface area contributed by atoms with Crippen molar-refractivity contribution in [3.8, 4) is 11.5 Å². The first-order valence-electron chi connectivity index (χ1n) is 8.51. The molecule has 2 aromatic carbocycles. The number of hydrogen-bond acceptors (Lipinski definition) is 4. The number of rotatable bonds is 9. The summed E-state index contributed by atoms with van der Waals surface area (Å²) in [5, 5.41) is 0. The molecule has 0 spiro atoms. The first-order valence-corrected chi connectivity index (χ1v) is 8.51. The Bertz CT molecular complexity index is 723. The van der Waals surface area contributed by atoms with Gasteiger partial charge >= 0.3 is 5.97 Å². The Labute approximate surface area is 151 Å². The van der Waals surface area contributed by atoms with Crippen LogP contribution in [0.1, 0.15) is 31.4 Å². The minimum Gasteiger partial charge on any atom is -0.494 e. The fourth-order valence-corrected chi connectivity index (χ4v) is 2.42. The molecule has 0 N–H and O–H groups in total. The lowest BCUT2D eigenvalue weighted by atomic mass is 10.1. The second-order valence-electron chi connectivity index (χ2n) is 5.56. The van der Waals surface area contributed by atoms with Crippen molar-refractivity contribution < 1.29 is 27.8 Å². The first kappa shape index (κ1) is 19.7. The molecule has 0 aromatic heterocycles. The van der Waals surface area contributed by atoms with Gasteiger partial charge in [-0.25, -0.2) is 8.78 Å². The summed E-state index contributed by atoms with van der Waals surface area (Å²) in [7, 11) is 0. The van der Waals surface area contributed by atoms with Crippen molar-refractivity contribution in [2.24, 2.45) is 0 Å². The lowest BCUT2D eigenvalue weighted by molar-refractivity contribution is -0.143. The molecular weight excluding hydrogens is 342 g/mol. The molecule has 0 atom stereocenters. The fraction of sp³-hybridized carbons (Fsp3) is 0.350. The highest BCUT2D eigenvalue weighted by atomic mass is 19.1. The van der Waals surface area contributed by atoms with E-state index < -0.39 is 23.4 Å². The molecule has 0 unspecified atom stereocenters. The molecule has 0 radical (unpaired) electrons. The van der Waals surface area contributed by atoms with Crippen LogP contribution in [0.5, 0.6) is 11.5 Å². The van der Waals surface area contributed by atoms with Gasteiger partial charge in [-0.3, -0.25) is 4.79 Å². The maximum absolute atomic E-state index is 14.2. The number of carbonyl (C=O) groups excluding carboxylic acids is 1. The Morgan fingerprint density at radius 1 is 0.962 bits per heavy atom. The van der Waals surface area contributed by atoms with Gasteiger partial charge in [-0.05, 0) is 55.7 Å². The lowest BCUT2D eigenvalue weighted by Gasteiger charge is -2.11. The molecular formula is C20H22F2O4. The third-order valence-electron chi connectivity index (χ3n) is 3.57. The van der Waals surface area contributed by atoms with E-state index >= 15 is 0 Å². The van der Waals surface area contributed by atoms with Gasteiger partial charge in [-0.15, -0.1) is 0 Å². The maximum atomic E-state index is 14.2. The summed E-state index contributed by atoms with van der Waals surface area (Å²) >= 11 is 0. The van der Waals surface area contributed by atoms with Crippen molar-refractivity contribution in [3.05, 3.63) is 59.2 Å². The van der Waals surface area contributed by atoms with Gasteiger partial charge in [0.25, 0.3) is 0 Å². The van der Waals surface area contributed by atoms with E-state index in [0.717, 1.165) is 5.56 Å². The highest BCUT2D eigenvalue weighted by molar-refractivity contribution is 5.69. The largest absolute Gasteiger partial charge is 0.494 e. The molecule has 4 nitrogen and oxygen atoms in total. The van der Waals surface area contributed by atoms with Crippen molar-refractivity contribution in [1.82, 2.24) is 0 Å². The molecule has 0 fully saturated rings. The number of esters is 1. The van der Waals surface area contributed by atoms with Crippen LogP contribution in [0.4, 0.5) is 8.78 Å². The molecule has 0 aliphatic heterocycles. The van der Waals surface area contributed by atoms with E-state index in [0.29, 0.717) is 17.9 Å². The Hall–Kier alpha value is -2.63. The van der Waals surface area contributed by atoms with Crippen molar-refractivity contribution in [3.63, 3.8) is 0 Å². The molecule has 0 amide bonds. The Balaban J connectivity index is 2.01. The SMILES string of the molecule is CCOC(=O)CCc1cc(F)c(OCc2cccc(OCC)c2)c(F)c1. The molecule has 0 saturated heterocycles. The lowest BCUT2D eigenvalue weighted by Crippen LogP contribution is -2.06. The Morgan fingerprint density at radius 3 is 2.35 bits per heavy atom. The average Bonchev–Trinajstić information content (AvgIpc) is 2.60. The maximum Gasteiger partial charge on any atom is 0.306 e. The van der Waals surface area contributed by atoms with Crippen LogP contribution >= 0.6 is 0 Å². The summed E-state index contributed by atoms with van der Waals surface area (Å²) < 4.78 is 43.9. The van der Waals surface area contributed by atoms with Gasteiger partial charge in [0.2, 0.25) is 0 Å². The predicted molar refractivity (Wildman–Crippen MR) is 93.3 cm³/mol. The van der Waals surface area contributed by atoms with E-state index in [1.807, 2.05) is 6.92 Å². The van der Waals surface area contributed by atoms with Crippen LogP contribution in [0.15, 0.2) is 36.4 Å². The minimum absolute atomic E-state index is 0.0108. The van der Waals surface area contributed by atoms with Crippen LogP contribution < -0.4 is 9.47 Å². The van der Waals surface area contributed by atoms with E-state index in [-0.39, 0.29) is 26.1 Å². The van der Waals surface area contributed by atoms with Crippen LogP contribution in [-0.2, 0) is 22.6 Å². The molecule has 0 aliphatic carbocycles. The summed E-state index contributed by atoms with van der Waals surface area (Å²) in [5.74, 6) is -1.77. The molecule has 0 aliphatic rings. The molecule has 2 aromatic rings. The second kappa shape index (κ2) is 9.75. The van der Waals surface area contributed by atoms with E-state index in [1.165, 1.54) is 12.1 Å². The van der Waals surface area contributed by atoms with Crippen molar-refractivity contribution >= 4 is 5.97 Å². The van der Waals surface area contributed by atoms with Crippen LogP contribution in [0.2, 0.25) is 0 Å². The zero-order chi connectivity index (χ0) is 18.9. The predicted octanol–water partition coefficient (Wildman–Crippen LogP) is 4.44. The van der Waals surface area contributed by atoms with Gasteiger partial charge < -0.3 is 14.2 Å². The highest BCUT2D eigenvalue weighted by Gasteiger charge is 2.14. The number of halogens is 2. The number of carbonyl (C=O) groups is 1. The summed E-state index contributed by atoms with van der Waals surface area (Å²) in [5.41, 5.74) is 1.11. The number of ether oxygens (including phenoxy) is 3. The molecule has 140 valence electrons. The summed E-state index contributed by atoms with van der Waals surface area (Å²) in [4.78, 5) is 11.3. The topological polar surface area (TPSA) is 44.8 Å². The standard InChI is InChI=1S/C20H22F2O4/c1-3-24-16-7-5-6-15(10-16)13-26-20-17(21)11-14(12-18(20)22)8-9-19(23)25-4-2/h5-7,10-12H,3-4,8-9,13H2,1-2H3. The van der Waals surface area contributed by atoms with Crippen LogP contribution in [0.25, 0.3) is 0 Å². The van der Waals surface area contributed by atoms with Crippen molar-refractivity contribution in [2.75, 3.05) is 13.2 Å². The third kappa shape index (κ3) is 5.72. The first-order chi connectivity index (χ1) is 12.5. The van der Waals surface area contributed by atoms with E-state index in [1.54, 1.807) is 31.2 Å². The smallest absolute Gasteiger partial charge is 0.306 e. The molecule has 26 heavy (non-hydrogen) atoms. The normalized spacial score (nSPS) is 10.5. The molecule has 0 saturated carbocycles. The summed E-state index contributed by atoms with van der Waals surface area (Å²) in [6, 6.07) is 9.48. The number of aryl methyl sites for hydroxylation is 1. The van der Waals surface area contributed by atoms with Crippen LogP contribution in [0.3, 0.4) is 0 Å². The molecule has 6 heteroatoms. The van der Waals surface area contributed by atoms with Crippen LogP contribution in [-0.4, -0.2) is 19.2 Å². The van der Waals surface area contributed by atoms with Gasteiger partial charge in [0, 0.05) is 6.42 Å². The van der Waals surface area contributed by atoms with Gasteiger partial charge in [0.05, 0.1) is 13.2 Å². The van der Waals surface area contributed by atoms with Gasteiger partial charge in [0.1, 0.15) is 12.4 Å². The molecule has 0 heterocycles. The van der Waals surface area contributed by atoms with Crippen molar-refractivity contribution in [1.29, 1.82) is 0 Å². The van der Waals surface area contributed by atoms with E-state index in [9.17, 15) is 13.6 Å². The number of hydrogen-bond donors (Lipinski definition) is 0. The molecule has 0 bridgehead atoms.